The molecule has 0 aliphatic carbocycles. The van der Waals surface area contributed by atoms with Gasteiger partial charge in [-0.15, -0.1) is 41.9 Å². The number of nitrogens with one attached hydrogen (secondary N) is 2. The summed E-state index contributed by atoms with van der Waals surface area (Å²) in [4.78, 5) is 16.1. The third-order valence-corrected chi connectivity index (χ3v) is 4.16. The number of nitrogens with zero attached hydrogens (tertiary/aromatic N) is 2. The van der Waals surface area contributed by atoms with Gasteiger partial charge in [0, 0.05) is 30.1 Å². The Morgan fingerprint density at radius 1 is 1.28 bits per heavy atom. The third-order valence-electron chi connectivity index (χ3n) is 3.22. The summed E-state index contributed by atoms with van der Waals surface area (Å²) in [6, 6.07) is 10.6. The Hall–Kier alpha value is -1.94. The van der Waals surface area contributed by atoms with Crippen LogP contribution >= 0.6 is 35.3 Å². The van der Waals surface area contributed by atoms with Gasteiger partial charge in [0.25, 0.3) is 5.69 Å². The maximum absolute atomic E-state index is 10.7. The zero-order chi connectivity index (χ0) is 17.2. The number of nitro groups is 1. The Bertz CT molecular complexity index is 687. The highest BCUT2D eigenvalue weighted by Crippen LogP contribution is 2.12. The molecule has 1 aromatic carbocycles. The van der Waals surface area contributed by atoms with Gasteiger partial charge in [-0.05, 0) is 23.4 Å². The van der Waals surface area contributed by atoms with Crippen molar-refractivity contribution in [2.75, 3.05) is 13.1 Å². The van der Waals surface area contributed by atoms with Crippen LogP contribution < -0.4 is 10.6 Å². The lowest BCUT2D eigenvalue weighted by molar-refractivity contribution is -0.384. The molecule has 0 spiro atoms. The smallest absolute Gasteiger partial charge is 0.269 e. The lowest BCUT2D eigenvalue weighted by atomic mass is 10.2. The van der Waals surface area contributed by atoms with E-state index in [9.17, 15) is 10.1 Å². The zero-order valence-electron chi connectivity index (χ0n) is 13.7. The fourth-order valence-electron chi connectivity index (χ4n) is 2.00. The Morgan fingerprint density at radius 2 is 2.04 bits per heavy atom. The summed E-state index contributed by atoms with van der Waals surface area (Å²) in [7, 11) is 0. The molecule has 134 valence electrons. The monoisotopic (exact) mass is 472 g/mol. The van der Waals surface area contributed by atoms with Crippen molar-refractivity contribution in [1.29, 1.82) is 0 Å². The van der Waals surface area contributed by atoms with Gasteiger partial charge in [0.2, 0.25) is 0 Å². The number of thiophene rings is 1. The second-order valence-electron chi connectivity index (χ2n) is 5.01. The number of rotatable bonds is 8. The molecule has 0 aliphatic heterocycles. The molecule has 1 aromatic heterocycles. The zero-order valence-corrected chi connectivity index (χ0v) is 16.8. The number of halogens is 1. The molecule has 0 unspecified atom stereocenters. The highest BCUT2D eigenvalue weighted by molar-refractivity contribution is 14.0. The quantitative estimate of drug-likeness (QED) is 0.153. The van der Waals surface area contributed by atoms with Gasteiger partial charge < -0.3 is 10.6 Å². The van der Waals surface area contributed by atoms with E-state index in [2.05, 4.69) is 33.7 Å². The summed E-state index contributed by atoms with van der Waals surface area (Å²) in [5, 5.41) is 19.2. The predicted molar refractivity (Wildman–Crippen MR) is 114 cm³/mol. The van der Waals surface area contributed by atoms with Crippen LogP contribution in [-0.4, -0.2) is 24.0 Å². The first kappa shape index (κ1) is 21.1. The van der Waals surface area contributed by atoms with Crippen molar-refractivity contribution >= 4 is 47.0 Å². The van der Waals surface area contributed by atoms with Crippen LogP contribution in [0, 0.1) is 10.1 Å². The fraction of sp³-hybridized carbons (Fsp3) is 0.235. The van der Waals surface area contributed by atoms with Gasteiger partial charge in [0.1, 0.15) is 0 Å². The van der Waals surface area contributed by atoms with Gasteiger partial charge >= 0.3 is 0 Å². The predicted octanol–water partition coefficient (Wildman–Crippen LogP) is 3.74. The first-order valence-corrected chi connectivity index (χ1v) is 8.46. The van der Waals surface area contributed by atoms with E-state index < -0.39 is 4.92 Å². The lowest BCUT2D eigenvalue weighted by Crippen LogP contribution is -2.38. The highest BCUT2D eigenvalue weighted by atomic mass is 127. The number of non-ortho nitro benzene ring substituents is 1. The minimum atomic E-state index is -0.407. The van der Waals surface area contributed by atoms with E-state index >= 15 is 0 Å². The van der Waals surface area contributed by atoms with Crippen molar-refractivity contribution in [3.8, 4) is 0 Å². The molecule has 0 saturated carbocycles. The number of hydrogen-bond donors (Lipinski definition) is 2. The van der Waals surface area contributed by atoms with Crippen LogP contribution in [0.25, 0.3) is 0 Å². The molecule has 0 radical (unpaired) electrons. The van der Waals surface area contributed by atoms with Crippen molar-refractivity contribution in [2.24, 2.45) is 4.99 Å². The fourth-order valence-corrected chi connectivity index (χ4v) is 2.70. The second kappa shape index (κ2) is 11.6. The molecule has 0 amide bonds. The summed E-state index contributed by atoms with van der Waals surface area (Å²) >= 11 is 1.73. The van der Waals surface area contributed by atoms with E-state index in [-0.39, 0.29) is 29.7 Å². The Kier molecular flexibility index (Phi) is 9.78. The minimum Gasteiger partial charge on any atom is -0.356 e. The van der Waals surface area contributed by atoms with E-state index in [0.717, 1.165) is 18.5 Å². The highest BCUT2D eigenvalue weighted by Gasteiger charge is 2.04. The summed E-state index contributed by atoms with van der Waals surface area (Å²) in [6.07, 6.45) is 2.70. The van der Waals surface area contributed by atoms with Gasteiger partial charge in [-0.1, -0.05) is 24.3 Å². The third kappa shape index (κ3) is 7.65. The topological polar surface area (TPSA) is 79.6 Å². The van der Waals surface area contributed by atoms with Crippen LogP contribution in [0.3, 0.4) is 0 Å². The molecule has 8 heteroatoms. The number of benzene rings is 1. The maximum atomic E-state index is 10.7. The summed E-state index contributed by atoms with van der Waals surface area (Å²) < 4.78 is 0. The molecular formula is C17H21IN4O2S. The summed E-state index contributed by atoms with van der Waals surface area (Å²) in [5.41, 5.74) is 1.00. The van der Waals surface area contributed by atoms with E-state index in [1.54, 1.807) is 29.5 Å². The van der Waals surface area contributed by atoms with E-state index in [4.69, 9.17) is 0 Å². The Morgan fingerprint density at radius 3 is 2.64 bits per heavy atom. The molecule has 25 heavy (non-hydrogen) atoms. The van der Waals surface area contributed by atoms with Crippen LogP contribution in [0.1, 0.15) is 10.4 Å². The molecular weight excluding hydrogens is 451 g/mol. The van der Waals surface area contributed by atoms with Crippen LogP contribution in [-0.2, 0) is 13.0 Å². The first-order chi connectivity index (χ1) is 11.7. The maximum Gasteiger partial charge on any atom is 0.269 e. The molecule has 0 bridgehead atoms. The average Bonchev–Trinajstić information content (AvgIpc) is 3.10. The average molecular weight is 472 g/mol. The van der Waals surface area contributed by atoms with Crippen LogP contribution in [0.2, 0.25) is 0 Å². The molecule has 2 N–H and O–H groups in total. The number of hydrogen-bond acceptors (Lipinski definition) is 4. The molecule has 2 rings (SSSR count). The molecule has 6 nitrogen and oxygen atoms in total. The van der Waals surface area contributed by atoms with Gasteiger partial charge in [0.05, 0.1) is 11.5 Å². The van der Waals surface area contributed by atoms with Crippen molar-refractivity contribution in [1.82, 2.24) is 10.6 Å². The van der Waals surface area contributed by atoms with Gasteiger partial charge in [-0.2, -0.15) is 0 Å². The molecule has 0 atom stereocenters. The van der Waals surface area contributed by atoms with Crippen LogP contribution in [0.5, 0.6) is 0 Å². The van der Waals surface area contributed by atoms with Crippen molar-refractivity contribution in [2.45, 2.75) is 13.0 Å². The Balaban J connectivity index is 0.00000312. The summed E-state index contributed by atoms with van der Waals surface area (Å²) in [5.74, 6) is 0.699. The number of aliphatic imine (C=N–C) groups is 1. The minimum absolute atomic E-state index is 0. The first-order valence-electron chi connectivity index (χ1n) is 7.58. The normalized spacial score (nSPS) is 10.6. The van der Waals surface area contributed by atoms with Crippen molar-refractivity contribution in [3.05, 3.63) is 75.0 Å². The second-order valence-corrected chi connectivity index (χ2v) is 6.05. The standard InChI is InChI=1S/C17H20N4O2S.HI/c1-2-10-18-17(19-11-9-16-4-3-12-24-16)20-13-14-5-7-15(8-6-14)21(22)23;/h2-8,12H,1,9-11,13H2,(H2,18,19,20);1H. The van der Waals surface area contributed by atoms with E-state index in [0.29, 0.717) is 19.0 Å². The molecule has 2 aromatic rings. The van der Waals surface area contributed by atoms with Crippen LogP contribution in [0.4, 0.5) is 5.69 Å². The number of nitro benzene ring substituents is 1. The van der Waals surface area contributed by atoms with Gasteiger partial charge in [0.15, 0.2) is 5.96 Å². The van der Waals surface area contributed by atoms with Crippen LogP contribution in [0.15, 0.2) is 59.4 Å². The molecule has 1 heterocycles. The lowest BCUT2D eigenvalue weighted by Gasteiger charge is -2.11. The van der Waals surface area contributed by atoms with E-state index in [1.807, 2.05) is 6.07 Å². The molecule has 0 saturated heterocycles. The largest absolute Gasteiger partial charge is 0.356 e. The Labute approximate surface area is 168 Å². The van der Waals surface area contributed by atoms with Gasteiger partial charge in [-0.25, -0.2) is 4.99 Å². The summed E-state index contributed by atoms with van der Waals surface area (Å²) in [6.45, 7) is 5.54. The van der Waals surface area contributed by atoms with Gasteiger partial charge in [-0.3, -0.25) is 10.1 Å². The van der Waals surface area contributed by atoms with Crippen molar-refractivity contribution in [3.63, 3.8) is 0 Å². The van der Waals surface area contributed by atoms with Crippen molar-refractivity contribution < 1.29 is 4.92 Å². The van der Waals surface area contributed by atoms with E-state index in [1.165, 1.54) is 17.0 Å². The molecule has 0 fully saturated rings. The molecule has 0 aliphatic rings. The SMILES string of the molecule is C=CCNC(=NCc1ccc([N+](=O)[O-])cc1)NCCc1cccs1.I. The number of guanidine groups is 1.